The van der Waals surface area contributed by atoms with Gasteiger partial charge in [-0.2, -0.15) is 0 Å². The molecule has 2 aliphatic heterocycles. The lowest BCUT2D eigenvalue weighted by Crippen LogP contribution is -2.58. The molecule has 0 amide bonds. The third kappa shape index (κ3) is 3.41. The molecule has 2 atom stereocenters. The summed E-state index contributed by atoms with van der Waals surface area (Å²) in [4.78, 5) is 0. The molecule has 100 valence electrons. The number of hydrogen-bond donors (Lipinski definition) is 2. The van der Waals surface area contributed by atoms with Crippen molar-refractivity contribution < 1.29 is 14.6 Å². The number of ether oxygens (including phenoxy) is 2. The molecule has 0 aromatic rings. The topological polar surface area (TPSA) is 50.7 Å². The summed E-state index contributed by atoms with van der Waals surface area (Å²) in [6.45, 7) is 6.79. The number of aliphatic hydroxyl groups excluding tert-OH is 1. The summed E-state index contributed by atoms with van der Waals surface area (Å²) in [6, 6.07) is 0. The van der Waals surface area contributed by atoms with Crippen molar-refractivity contribution in [1.82, 2.24) is 5.32 Å². The SMILES string of the molecule is CC1(C)CC(CO)(NCC2CCCO2)CCO1. The molecular formula is C13H25NO3. The monoisotopic (exact) mass is 243 g/mol. The van der Waals surface area contributed by atoms with Crippen LogP contribution < -0.4 is 5.32 Å². The highest BCUT2D eigenvalue weighted by Gasteiger charge is 2.40. The van der Waals surface area contributed by atoms with Gasteiger partial charge in [-0.25, -0.2) is 0 Å². The van der Waals surface area contributed by atoms with E-state index in [4.69, 9.17) is 9.47 Å². The maximum absolute atomic E-state index is 9.69. The Morgan fingerprint density at radius 2 is 2.18 bits per heavy atom. The average molecular weight is 243 g/mol. The van der Waals surface area contributed by atoms with Gasteiger partial charge in [0.05, 0.1) is 18.3 Å². The van der Waals surface area contributed by atoms with Gasteiger partial charge in [0.15, 0.2) is 0 Å². The summed E-state index contributed by atoms with van der Waals surface area (Å²) in [5.41, 5.74) is -0.335. The molecule has 0 aromatic heterocycles. The molecule has 2 N–H and O–H groups in total. The number of aliphatic hydroxyl groups is 1. The summed E-state index contributed by atoms with van der Waals surface area (Å²) in [5.74, 6) is 0. The van der Waals surface area contributed by atoms with Crippen LogP contribution in [0.5, 0.6) is 0 Å². The second-order valence-electron chi connectivity index (χ2n) is 5.99. The largest absolute Gasteiger partial charge is 0.394 e. The molecule has 0 aliphatic carbocycles. The molecule has 2 fully saturated rings. The second kappa shape index (κ2) is 5.22. The van der Waals surface area contributed by atoms with Crippen LogP contribution in [0.2, 0.25) is 0 Å². The number of rotatable bonds is 4. The molecule has 2 heterocycles. The second-order valence-corrected chi connectivity index (χ2v) is 5.99. The minimum Gasteiger partial charge on any atom is -0.394 e. The van der Waals surface area contributed by atoms with E-state index in [-0.39, 0.29) is 17.7 Å². The van der Waals surface area contributed by atoms with E-state index in [0.717, 1.165) is 38.8 Å². The van der Waals surface area contributed by atoms with Crippen molar-refractivity contribution in [3.05, 3.63) is 0 Å². The molecule has 0 aromatic carbocycles. The zero-order valence-corrected chi connectivity index (χ0v) is 11.0. The Kier molecular flexibility index (Phi) is 4.08. The normalized spacial score (nSPS) is 37.2. The van der Waals surface area contributed by atoms with Crippen molar-refractivity contribution in [2.75, 3.05) is 26.4 Å². The van der Waals surface area contributed by atoms with Crippen LogP contribution in [0.1, 0.15) is 39.5 Å². The molecule has 0 radical (unpaired) electrons. The van der Waals surface area contributed by atoms with Crippen LogP contribution in [0.4, 0.5) is 0 Å². The van der Waals surface area contributed by atoms with Crippen molar-refractivity contribution in [3.63, 3.8) is 0 Å². The molecule has 2 unspecified atom stereocenters. The standard InChI is InChI=1S/C13H25NO3/c1-12(2)9-13(10-15,5-7-17-12)14-8-11-4-3-6-16-11/h11,14-15H,3-10H2,1-2H3. The molecule has 2 saturated heterocycles. The van der Waals surface area contributed by atoms with Crippen LogP contribution in [0.3, 0.4) is 0 Å². The van der Waals surface area contributed by atoms with Gasteiger partial charge in [0.1, 0.15) is 0 Å². The van der Waals surface area contributed by atoms with Crippen molar-refractivity contribution in [2.24, 2.45) is 0 Å². The molecule has 2 rings (SSSR count). The summed E-state index contributed by atoms with van der Waals surface area (Å²) in [6.07, 6.45) is 4.34. The molecule has 4 heteroatoms. The highest BCUT2D eigenvalue weighted by Crippen LogP contribution is 2.32. The Balaban J connectivity index is 1.89. The quantitative estimate of drug-likeness (QED) is 0.775. The van der Waals surface area contributed by atoms with Crippen LogP contribution in [-0.4, -0.2) is 48.7 Å². The summed E-state index contributed by atoms with van der Waals surface area (Å²) >= 11 is 0. The van der Waals surface area contributed by atoms with E-state index in [1.807, 2.05) is 0 Å². The van der Waals surface area contributed by atoms with E-state index >= 15 is 0 Å². The van der Waals surface area contributed by atoms with Crippen LogP contribution in [0, 0.1) is 0 Å². The van der Waals surface area contributed by atoms with E-state index in [1.54, 1.807) is 0 Å². The molecule has 4 nitrogen and oxygen atoms in total. The van der Waals surface area contributed by atoms with Gasteiger partial charge in [0.25, 0.3) is 0 Å². The van der Waals surface area contributed by atoms with E-state index < -0.39 is 0 Å². The highest BCUT2D eigenvalue weighted by atomic mass is 16.5. The fourth-order valence-corrected chi connectivity index (χ4v) is 2.95. The first-order valence-electron chi connectivity index (χ1n) is 6.67. The first-order valence-corrected chi connectivity index (χ1v) is 6.67. The third-order valence-corrected chi connectivity index (χ3v) is 3.87. The Bertz CT molecular complexity index is 251. The fraction of sp³-hybridized carbons (Fsp3) is 1.00. The third-order valence-electron chi connectivity index (χ3n) is 3.87. The van der Waals surface area contributed by atoms with Gasteiger partial charge >= 0.3 is 0 Å². The number of nitrogens with one attached hydrogen (secondary N) is 1. The van der Waals surface area contributed by atoms with Crippen LogP contribution >= 0.6 is 0 Å². The van der Waals surface area contributed by atoms with E-state index in [2.05, 4.69) is 19.2 Å². The van der Waals surface area contributed by atoms with Gasteiger partial charge in [-0.1, -0.05) is 0 Å². The Morgan fingerprint density at radius 1 is 1.35 bits per heavy atom. The number of hydrogen-bond acceptors (Lipinski definition) is 4. The maximum Gasteiger partial charge on any atom is 0.0700 e. The molecule has 17 heavy (non-hydrogen) atoms. The lowest BCUT2D eigenvalue weighted by molar-refractivity contribution is -0.0997. The predicted octanol–water partition coefficient (Wildman–Crippen LogP) is 1.08. The molecule has 2 aliphatic rings. The first kappa shape index (κ1) is 13.3. The first-order chi connectivity index (χ1) is 8.05. The van der Waals surface area contributed by atoms with Crippen LogP contribution in [-0.2, 0) is 9.47 Å². The van der Waals surface area contributed by atoms with E-state index in [0.29, 0.717) is 12.7 Å². The maximum atomic E-state index is 9.69. The zero-order chi connectivity index (χ0) is 12.4. The lowest BCUT2D eigenvalue weighted by Gasteiger charge is -2.44. The van der Waals surface area contributed by atoms with Gasteiger partial charge < -0.3 is 19.9 Å². The van der Waals surface area contributed by atoms with Crippen LogP contribution in [0.25, 0.3) is 0 Å². The lowest BCUT2D eigenvalue weighted by atomic mass is 9.81. The van der Waals surface area contributed by atoms with Gasteiger partial charge in [0.2, 0.25) is 0 Å². The summed E-state index contributed by atoms with van der Waals surface area (Å²) in [5, 5.41) is 13.2. The smallest absolute Gasteiger partial charge is 0.0700 e. The minimum absolute atomic E-state index is 0.148. The van der Waals surface area contributed by atoms with Gasteiger partial charge in [-0.3, -0.25) is 0 Å². The summed E-state index contributed by atoms with van der Waals surface area (Å²) < 4.78 is 11.3. The molecule has 0 spiro atoms. The van der Waals surface area contributed by atoms with Crippen molar-refractivity contribution in [2.45, 2.75) is 56.8 Å². The molecule has 0 bridgehead atoms. The van der Waals surface area contributed by atoms with Gasteiger partial charge in [-0.15, -0.1) is 0 Å². The van der Waals surface area contributed by atoms with E-state index in [9.17, 15) is 5.11 Å². The molecule has 0 saturated carbocycles. The zero-order valence-electron chi connectivity index (χ0n) is 11.0. The Labute approximate surface area is 104 Å². The minimum atomic E-state index is -0.187. The molecular weight excluding hydrogens is 218 g/mol. The Morgan fingerprint density at radius 3 is 2.76 bits per heavy atom. The van der Waals surface area contributed by atoms with Gasteiger partial charge in [-0.05, 0) is 39.5 Å². The predicted molar refractivity (Wildman–Crippen MR) is 66.1 cm³/mol. The average Bonchev–Trinajstić information content (AvgIpc) is 2.78. The fourth-order valence-electron chi connectivity index (χ4n) is 2.95. The van der Waals surface area contributed by atoms with Crippen molar-refractivity contribution >= 4 is 0 Å². The van der Waals surface area contributed by atoms with Gasteiger partial charge in [0, 0.05) is 25.3 Å². The Hall–Kier alpha value is -0.160. The highest BCUT2D eigenvalue weighted by molar-refractivity contribution is 4.97. The van der Waals surface area contributed by atoms with E-state index in [1.165, 1.54) is 0 Å². The van der Waals surface area contributed by atoms with Crippen LogP contribution in [0.15, 0.2) is 0 Å². The van der Waals surface area contributed by atoms with Crippen molar-refractivity contribution in [1.29, 1.82) is 0 Å². The van der Waals surface area contributed by atoms with Crippen molar-refractivity contribution in [3.8, 4) is 0 Å². The summed E-state index contributed by atoms with van der Waals surface area (Å²) in [7, 11) is 0.